The Balaban J connectivity index is 1.87. The highest BCUT2D eigenvalue weighted by Crippen LogP contribution is 2.16. The van der Waals surface area contributed by atoms with Gasteiger partial charge >= 0.3 is 0 Å². The van der Waals surface area contributed by atoms with Crippen molar-refractivity contribution in [3.05, 3.63) is 5.82 Å². The zero-order valence-electron chi connectivity index (χ0n) is 7.56. The first-order valence-electron chi connectivity index (χ1n) is 4.48. The molecule has 7 heteroatoms. The minimum Gasteiger partial charge on any atom is -0.346 e. The van der Waals surface area contributed by atoms with Crippen LogP contribution in [-0.4, -0.2) is 44.1 Å². The van der Waals surface area contributed by atoms with Crippen LogP contribution in [0.4, 0.5) is 0 Å². The fourth-order valence-corrected chi connectivity index (χ4v) is 2.46. The topological polar surface area (TPSA) is 83.6 Å². The number of tetrazole rings is 1. The van der Waals surface area contributed by atoms with E-state index in [1.807, 2.05) is 11.8 Å². The van der Waals surface area contributed by atoms with Crippen molar-refractivity contribution in [2.75, 3.05) is 11.5 Å². The van der Waals surface area contributed by atoms with Crippen LogP contribution in [0.25, 0.3) is 0 Å². The Kier molecular flexibility index (Phi) is 2.97. The van der Waals surface area contributed by atoms with Crippen LogP contribution in [0.1, 0.15) is 23.5 Å². The van der Waals surface area contributed by atoms with Gasteiger partial charge in [-0.05, 0) is 29.6 Å². The van der Waals surface area contributed by atoms with Crippen LogP contribution in [0.5, 0.6) is 0 Å². The number of hydrogen-bond acceptors (Lipinski definition) is 5. The summed E-state index contributed by atoms with van der Waals surface area (Å²) in [7, 11) is 0. The van der Waals surface area contributed by atoms with Crippen molar-refractivity contribution >= 4 is 17.7 Å². The zero-order valence-corrected chi connectivity index (χ0v) is 8.38. The molecule has 1 fully saturated rings. The van der Waals surface area contributed by atoms with Gasteiger partial charge in [0, 0.05) is 6.04 Å². The van der Waals surface area contributed by atoms with Gasteiger partial charge in [-0.3, -0.25) is 4.79 Å². The lowest BCUT2D eigenvalue weighted by Gasteiger charge is -2.21. The molecule has 76 valence electrons. The third-order valence-corrected chi connectivity index (χ3v) is 3.15. The van der Waals surface area contributed by atoms with Crippen molar-refractivity contribution in [1.29, 1.82) is 0 Å². The Morgan fingerprint density at radius 1 is 1.50 bits per heavy atom. The number of thioether (sulfide) groups is 1. The Morgan fingerprint density at radius 3 is 2.93 bits per heavy atom. The molecule has 2 heterocycles. The minimum atomic E-state index is -0.240. The summed E-state index contributed by atoms with van der Waals surface area (Å²) < 4.78 is 0. The summed E-state index contributed by atoms with van der Waals surface area (Å²) in [6.45, 7) is 0. The summed E-state index contributed by atoms with van der Waals surface area (Å²) in [5, 5.41) is 15.7. The van der Waals surface area contributed by atoms with Crippen molar-refractivity contribution in [3.63, 3.8) is 0 Å². The fourth-order valence-electron chi connectivity index (χ4n) is 1.35. The molecule has 1 aliphatic heterocycles. The number of hydrogen-bond donors (Lipinski definition) is 2. The maximum atomic E-state index is 11.5. The van der Waals surface area contributed by atoms with E-state index in [-0.39, 0.29) is 17.8 Å². The Hall–Kier alpha value is -1.11. The molecule has 1 saturated heterocycles. The van der Waals surface area contributed by atoms with E-state index >= 15 is 0 Å². The van der Waals surface area contributed by atoms with E-state index in [0.29, 0.717) is 0 Å². The average molecular weight is 213 g/mol. The molecule has 6 nitrogen and oxygen atoms in total. The highest BCUT2D eigenvalue weighted by molar-refractivity contribution is 7.99. The van der Waals surface area contributed by atoms with Gasteiger partial charge in [0.1, 0.15) is 0 Å². The molecular formula is C7H11N5OS. The quantitative estimate of drug-likeness (QED) is 0.712. The lowest BCUT2D eigenvalue weighted by molar-refractivity contribution is 0.0924. The first kappa shape index (κ1) is 9.45. The highest BCUT2D eigenvalue weighted by Gasteiger charge is 2.18. The van der Waals surface area contributed by atoms with Crippen molar-refractivity contribution < 1.29 is 4.79 Å². The molecule has 0 saturated carbocycles. The molecule has 0 aromatic carbocycles. The SMILES string of the molecule is O=C(NC1CCSCC1)c1nn[nH]n1. The smallest absolute Gasteiger partial charge is 0.293 e. The van der Waals surface area contributed by atoms with E-state index in [1.54, 1.807) is 0 Å². The molecule has 14 heavy (non-hydrogen) atoms. The van der Waals surface area contributed by atoms with Crippen molar-refractivity contribution in [2.24, 2.45) is 0 Å². The number of amides is 1. The van der Waals surface area contributed by atoms with Crippen LogP contribution in [0, 0.1) is 0 Å². The van der Waals surface area contributed by atoms with Crippen LogP contribution in [-0.2, 0) is 0 Å². The van der Waals surface area contributed by atoms with E-state index < -0.39 is 0 Å². The molecule has 0 unspecified atom stereocenters. The van der Waals surface area contributed by atoms with E-state index in [4.69, 9.17) is 0 Å². The number of carbonyl (C=O) groups is 1. The predicted molar refractivity (Wildman–Crippen MR) is 52.0 cm³/mol. The second-order valence-electron chi connectivity index (χ2n) is 3.10. The molecule has 1 amide bonds. The summed E-state index contributed by atoms with van der Waals surface area (Å²) in [5.74, 6) is 2.09. The number of nitrogens with zero attached hydrogens (tertiary/aromatic N) is 3. The lowest BCUT2D eigenvalue weighted by Crippen LogP contribution is -2.37. The maximum Gasteiger partial charge on any atom is 0.293 e. The van der Waals surface area contributed by atoms with Gasteiger partial charge in [0.05, 0.1) is 0 Å². The number of H-pyrrole nitrogens is 1. The predicted octanol–water partition coefficient (Wildman–Crippen LogP) is -0.175. The van der Waals surface area contributed by atoms with Gasteiger partial charge in [-0.1, -0.05) is 0 Å². The average Bonchev–Trinajstić information content (AvgIpc) is 2.72. The molecule has 0 spiro atoms. The number of aromatic nitrogens is 4. The monoisotopic (exact) mass is 213 g/mol. The summed E-state index contributed by atoms with van der Waals surface area (Å²) in [6.07, 6.45) is 2.04. The third-order valence-electron chi connectivity index (χ3n) is 2.10. The van der Waals surface area contributed by atoms with Gasteiger partial charge in [0.2, 0.25) is 0 Å². The Morgan fingerprint density at radius 2 is 2.29 bits per heavy atom. The number of nitrogens with one attached hydrogen (secondary N) is 2. The first-order chi connectivity index (χ1) is 6.86. The Labute approximate surface area is 85.2 Å². The van der Waals surface area contributed by atoms with Gasteiger partial charge in [0.15, 0.2) is 0 Å². The van der Waals surface area contributed by atoms with E-state index in [9.17, 15) is 4.79 Å². The first-order valence-corrected chi connectivity index (χ1v) is 5.64. The minimum absolute atomic E-state index is 0.114. The maximum absolute atomic E-state index is 11.5. The zero-order chi connectivity index (χ0) is 9.80. The molecule has 1 aromatic rings. The van der Waals surface area contributed by atoms with Crippen molar-refractivity contribution in [3.8, 4) is 0 Å². The van der Waals surface area contributed by atoms with Crippen molar-refractivity contribution in [1.82, 2.24) is 25.9 Å². The van der Waals surface area contributed by atoms with E-state index in [2.05, 4.69) is 25.9 Å². The summed E-state index contributed by atoms with van der Waals surface area (Å²) >= 11 is 1.92. The summed E-state index contributed by atoms with van der Waals surface area (Å²) in [5.41, 5.74) is 0. The van der Waals surface area contributed by atoms with Gasteiger partial charge < -0.3 is 5.32 Å². The highest BCUT2D eigenvalue weighted by atomic mass is 32.2. The largest absolute Gasteiger partial charge is 0.346 e. The number of carbonyl (C=O) groups excluding carboxylic acids is 1. The van der Waals surface area contributed by atoms with Gasteiger partial charge in [0.25, 0.3) is 11.7 Å². The summed E-state index contributed by atoms with van der Waals surface area (Å²) in [6, 6.07) is 0.266. The molecule has 0 aliphatic carbocycles. The number of rotatable bonds is 2. The van der Waals surface area contributed by atoms with E-state index in [0.717, 1.165) is 24.3 Å². The van der Waals surface area contributed by atoms with Crippen LogP contribution in [0.3, 0.4) is 0 Å². The van der Waals surface area contributed by atoms with E-state index in [1.165, 1.54) is 0 Å². The van der Waals surface area contributed by atoms with Crippen LogP contribution in [0.2, 0.25) is 0 Å². The second-order valence-corrected chi connectivity index (χ2v) is 4.32. The molecular weight excluding hydrogens is 202 g/mol. The normalized spacial score (nSPS) is 18.0. The standard InChI is InChI=1S/C7H11N5OS/c13-7(6-9-11-12-10-6)8-5-1-3-14-4-2-5/h5H,1-4H2,(H,8,13)(H,9,10,11,12). The number of aromatic amines is 1. The molecule has 0 radical (unpaired) electrons. The molecule has 0 bridgehead atoms. The molecule has 1 aliphatic rings. The van der Waals surface area contributed by atoms with Gasteiger partial charge in [-0.25, -0.2) is 0 Å². The van der Waals surface area contributed by atoms with Crippen LogP contribution < -0.4 is 5.32 Å². The van der Waals surface area contributed by atoms with Crippen molar-refractivity contribution in [2.45, 2.75) is 18.9 Å². The molecule has 2 rings (SSSR count). The molecule has 0 atom stereocenters. The van der Waals surface area contributed by atoms with Gasteiger partial charge in [-0.15, -0.1) is 10.2 Å². The molecule has 2 N–H and O–H groups in total. The van der Waals surface area contributed by atoms with Crippen LogP contribution >= 0.6 is 11.8 Å². The Bertz CT molecular complexity index is 295. The van der Waals surface area contributed by atoms with Gasteiger partial charge in [-0.2, -0.15) is 17.0 Å². The van der Waals surface area contributed by atoms with Crippen LogP contribution in [0.15, 0.2) is 0 Å². The third kappa shape index (κ3) is 2.22. The fraction of sp³-hybridized carbons (Fsp3) is 0.714. The lowest BCUT2D eigenvalue weighted by atomic mass is 10.1. The second kappa shape index (κ2) is 4.41. The summed E-state index contributed by atoms with van der Waals surface area (Å²) in [4.78, 5) is 11.5. The molecule has 1 aromatic heterocycles.